The van der Waals surface area contributed by atoms with E-state index in [0.717, 1.165) is 38.5 Å². The second-order valence-corrected chi connectivity index (χ2v) is 9.20. The van der Waals surface area contributed by atoms with Gasteiger partial charge < -0.3 is 25.2 Å². The summed E-state index contributed by atoms with van der Waals surface area (Å²) in [7, 11) is 1.55. The molecule has 0 radical (unpaired) electrons. The van der Waals surface area contributed by atoms with Crippen LogP contribution in [0.15, 0.2) is 36.7 Å². The van der Waals surface area contributed by atoms with Gasteiger partial charge in [-0.3, -0.25) is 4.79 Å². The van der Waals surface area contributed by atoms with E-state index in [4.69, 9.17) is 19.7 Å². The number of benzene rings is 1. The maximum atomic E-state index is 15.9. The maximum Gasteiger partial charge on any atom is 0.503 e. The predicted molar refractivity (Wildman–Crippen MR) is 132 cm³/mol. The molecule has 1 atom stereocenters. The van der Waals surface area contributed by atoms with Gasteiger partial charge in [0.25, 0.3) is 5.91 Å². The third-order valence-corrected chi connectivity index (χ3v) is 6.90. The first kappa shape index (κ1) is 26.2. The highest BCUT2D eigenvalue weighted by Crippen LogP contribution is 2.41. The SMILES string of the molecule is COc1ccc(F)cc1[C@H]1CCCN1c1ccn2ncc(C(=O)NC3CCCCC3)c2c1F.O=C(O)O. The van der Waals surface area contributed by atoms with Crippen molar-refractivity contribution in [2.75, 3.05) is 18.6 Å². The highest BCUT2D eigenvalue weighted by Gasteiger charge is 2.32. The van der Waals surface area contributed by atoms with E-state index >= 15 is 4.39 Å². The number of amides is 1. The Hall–Kier alpha value is -3.89. The van der Waals surface area contributed by atoms with Gasteiger partial charge in [0.1, 0.15) is 17.1 Å². The molecule has 9 nitrogen and oxygen atoms in total. The van der Waals surface area contributed by atoms with E-state index in [0.29, 0.717) is 23.5 Å². The number of anilines is 1. The summed E-state index contributed by atoms with van der Waals surface area (Å²) >= 11 is 0. The average Bonchev–Trinajstić information content (AvgIpc) is 3.52. The Morgan fingerprint density at radius 3 is 2.51 bits per heavy atom. The fourth-order valence-electron chi connectivity index (χ4n) is 5.27. The molecule has 2 fully saturated rings. The minimum absolute atomic E-state index is 0.121. The number of hydrogen-bond donors (Lipinski definition) is 3. The Bertz CT molecular complexity index is 1270. The lowest BCUT2D eigenvalue weighted by molar-refractivity contribution is 0.0929. The molecule has 1 amide bonds. The number of ether oxygens (including phenoxy) is 1. The molecule has 37 heavy (non-hydrogen) atoms. The zero-order valence-electron chi connectivity index (χ0n) is 20.5. The van der Waals surface area contributed by atoms with Crippen LogP contribution in [0, 0.1) is 11.6 Å². The van der Waals surface area contributed by atoms with Crippen LogP contribution in [0.1, 0.15) is 66.9 Å². The first-order valence-electron chi connectivity index (χ1n) is 12.3. The van der Waals surface area contributed by atoms with Crippen LogP contribution < -0.4 is 15.0 Å². The van der Waals surface area contributed by atoms with Crippen LogP contribution >= 0.6 is 0 Å². The molecule has 1 saturated carbocycles. The number of nitrogens with zero attached hydrogens (tertiary/aromatic N) is 3. The Labute approximate surface area is 212 Å². The number of nitrogens with one attached hydrogen (secondary N) is 1. The van der Waals surface area contributed by atoms with Crippen LogP contribution in [0.2, 0.25) is 0 Å². The quantitative estimate of drug-likeness (QED) is 0.424. The van der Waals surface area contributed by atoms with Crippen LogP contribution in [0.4, 0.5) is 19.3 Å². The molecule has 3 aromatic rings. The summed E-state index contributed by atoms with van der Waals surface area (Å²) in [6, 6.07) is 5.98. The summed E-state index contributed by atoms with van der Waals surface area (Å²) in [5, 5.41) is 21.2. The molecule has 1 aliphatic carbocycles. The lowest BCUT2D eigenvalue weighted by atomic mass is 9.95. The van der Waals surface area contributed by atoms with Crippen molar-refractivity contribution < 1.29 is 33.3 Å². The van der Waals surface area contributed by atoms with Crippen LogP contribution in [-0.2, 0) is 0 Å². The average molecular weight is 517 g/mol. The van der Waals surface area contributed by atoms with E-state index < -0.39 is 12.0 Å². The van der Waals surface area contributed by atoms with Gasteiger partial charge in [-0.05, 0) is 49.9 Å². The lowest BCUT2D eigenvalue weighted by Crippen LogP contribution is -2.36. The topological polar surface area (TPSA) is 116 Å². The molecular weight excluding hydrogens is 486 g/mol. The van der Waals surface area contributed by atoms with E-state index in [-0.39, 0.29) is 34.9 Å². The number of rotatable bonds is 5. The van der Waals surface area contributed by atoms with Gasteiger partial charge in [0.2, 0.25) is 0 Å². The molecule has 3 N–H and O–H groups in total. The molecule has 2 aliphatic rings. The molecule has 11 heteroatoms. The number of aromatic nitrogens is 2. The van der Waals surface area contributed by atoms with Gasteiger partial charge in [-0.15, -0.1) is 0 Å². The van der Waals surface area contributed by atoms with Crippen molar-refractivity contribution in [2.24, 2.45) is 0 Å². The van der Waals surface area contributed by atoms with Gasteiger partial charge >= 0.3 is 6.16 Å². The van der Waals surface area contributed by atoms with Gasteiger partial charge in [-0.25, -0.2) is 18.1 Å². The molecule has 0 spiro atoms. The summed E-state index contributed by atoms with van der Waals surface area (Å²) in [6.45, 7) is 0.620. The number of carboxylic acid groups (broad SMARTS) is 2. The molecule has 2 aromatic heterocycles. The highest BCUT2D eigenvalue weighted by atomic mass is 19.1. The Morgan fingerprint density at radius 2 is 1.81 bits per heavy atom. The molecule has 0 bridgehead atoms. The standard InChI is InChI=1S/C25H28F2N4O2.CH2O3/c1-33-22-10-9-16(26)14-18(22)20-8-5-12-30(20)21-11-13-31-24(23(21)27)19(15-28-31)25(32)29-17-6-3-2-4-7-17;2-1(3)4/h9-11,13-15,17,20H,2-8,12H2,1H3,(H,29,32);(H2,2,3,4)/t20-;/m1./s1. The number of pyridine rings is 1. The van der Waals surface area contributed by atoms with Crippen molar-refractivity contribution in [3.63, 3.8) is 0 Å². The van der Waals surface area contributed by atoms with Crippen molar-refractivity contribution in [1.29, 1.82) is 0 Å². The van der Waals surface area contributed by atoms with E-state index in [1.54, 1.807) is 25.4 Å². The van der Waals surface area contributed by atoms with Crippen molar-refractivity contribution >= 4 is 23.3 Å². The number of halogens is 2. The third kappa shape index (κ3) is 5.76. The number of carbonyl (C=O) groups is 2. The normalized spacial score (nSPS) is 17.8. The van der Waals surface area contributed by atoms with Gasteiger partial charge in [0.05, 0.1) is 30.6 Å². The fraction of sp³-hybridized carbons (Fsp3) is 0.423. The molecule has 1 aliphatic heterocycles. The van der Waals surface area contributed by atoms with Crippen molar-refractivity contribution in [3.8, 4) is 5.75 Å². The minimum atomic E-state index is -1.83. The highest BCUT2D eigenvalue weighted by molar-refractivity contribution is 6.01. The van der Waals surface area contributed by atoms with Crippen molar-refractivity contribution in [3.05, 3.63) is 59.4 Å². The van der Waals surface area contributed by atoms with Crippen molar-refractivity contribution in [2.45, 2.75) is 57.0 Å². The molecule has 5 rings (SSSR count). The Balaban J connectivity index is 0.000000747. The Morgan fingerprint density at radius 1 is 1.08 bits per heavy atom. The second-order valence-electron chi connectivity index (χ2n) is 9.20. The number of fused-ring (bicyclic) bond motifs is 1. The zero-order valence-corrected chi connectivity index (χ0v) is 20.5. The molecule has 1 saturated heterocycles. The van der Waals surface area contributed by atoms with Gasteiger partial charge in [-0.2, -0.15) is 5.10 Å². The summed E-state index contributed by atoms with van der Waals surface area (Å²) < 4.78 is 36.8. The van der Waals surface area contributed by atoms with E-state index in [9.17, 15) is 9.18 Å². The van der Waals surface area contributed by atoms with E-state index in [1.165, 1.54) is 29.3 Å². The van der Waals surface area contributed by atoms with Crippen LogP contribution in [0.5, 0.6) is 5.75 Å². The zero-order chi connectivity index (χ0) is 26.5. The predicted octanol–water partition coefficient (Wildman–Crippen LogP) is 5.25. The third-order valence-electron chi connectivity index (χ3n) is 6.90. The summed E-state index contributed by atoms with van der Waals surface area (Å²) in [5.41, 5.74) is 1.47. The van der Waals surface area contributed by atoms with Crippen LogP contribution in [0.3, 0.4) is 0 Å². The largest absolute Gasteiger partial charge is 0.503 e. The molecule has 3 heterocycles. The van der Waals surface area contributed by atoms with Gasteiger partial charge in [0.15, 0.2) is 5.82 Å². The molecule has 1 aromatic carbocycles. The van der Waals surface area contributed by atoms with Crippen molar-refractivity contribution in [1.82, 2.24) is 14.9 Å². The van der Waals surface area contributed by atoms with E-state index in [2.05, 4.69) is 10.4 Å². The second kappa shape index (κ2) is 11.4. The number of carbonyl (C=O) groups excluding carboxylic acids is 1. The Kier molecular flexibility index (Phi) is 8.10. The summed E-state index contributed by atoms with van der Waals surface area (Å²) in [5.74, 6) is -0.568. The molecular formula is C26H30F2N4O5. The molecule has 0 unspecified atom stereocenters. The van der Waals surface area contributed by atoms with Gasteiger partial charge in [-0.1, -0.05) is 19.3 Å². The summed E-state index contributed by atoms with van der Waals surface area (Å²) in [6.07, 6.45) is 8.13. The first-order chi connectivity index (χ1) is 17.8. The lowest BCUT2D eigenvalue weighted by Gasteiger charge is -2.29. The number of hydrogen-bond acceptors (Lipinski definition) is 5. The van der Waals surface area contributed by atoms with E-state index in [1.807, 2.05) is 4.90 Å². The minimum Gasteiger partial charge on any atom is -0.496 e. The van der Waals surface area contributed by atoms with Crippen LogP contribution in [-0.4, -0.2) is 51.6 Å². The summed E-state index contributed by atoms with van der Waals surface area (Å²) in [4.78, 5) is 23.5. The maximum absolute atomic E-state index is 15.9. The van der Waals surface area contributed by atoms with Gasteiger partial charge in [0, 0.05) is 24.3 Å². The molecule has 198 valence electrons. The number of methoxy groups -OCH3 is 1. The monoisotopic (exact) mass is 516 g/mol. The smallest absolute Gasteiger partial charge is 0.496 e. The van der Waals surface area contributed by atoms with Crippen LogP contribution in [0.25, 0.3) is 5.52 Å². The first-order valence-corrected chi connectivity index (χ1v) is 12.3. The fourth-order valence-corrected chi connectivity index (χ4v) is 5.27.